The van der Waals surface area contributed by atoms with Crippen LogP contribution in [0.15, 0.2) is 18.2 Å². The highest BCUT2D eigenvalue weighted by Crippen LogP contribution is 2.45. The zero-order valence-corrected chi connectivity index (χ0v) is 12.6. The van der Waals surface area contributed by atoms with Gasteiger partial charge in [-0.25, -0.2) is 0 Å². The molecule has 1 heterocycles. The van der Waals surface area contributed by atoms with Crippen molar-refractivity contribution in [2.75, 3.05) is 6.79 Å². The van der Waals surface area contributed by atoms with E-state index in [1.165, 1.54) is 0 Å². The molecule has 8 heteroatoms. The molecular weight excluding hydrogens is 303 g/mol. The first-order valence-corrected chi connectivity index (χ1v) is 8.67. The third-order valence-corrected chi connectivity index (χ3v) is 3.93. The van der Waals surface area contributed by atoms with Gasteiger partial charge in [-0.3, -0.25) is 9.32 Å². The van der Waals surface area contributed by atoms with Crippen molar-refractivity contribution in [2.45, 2.75) is 26.4 Å². The van der Waals surface area contributed by atoms with Crippen molar-refractivity contribution >= 4 is 24.5 Å². The van der Waals surface area contributed by atoms with Crippen LogP contribution in [0.4, 0.5) is 0 Å². The molecule has 0 spiro atoms. The second kappa shape index (κ2) is 6.54. The summed E-state index contributed by atoms with van der Waals surface area (Å²) < 4.78 is 20.3. The largest absolute Gasteiger partial charge is 0.454 e. The Hall–Kier alpha value is -1.14. The van der Waals surface area contributed by atoms with Gasteiger partial charge in [-0.1, -0.05) is 13.0 Å². The van der Waals surface area contributed by atoms with Gasteiger partial charge in [-0.05, 0) is 24.1 Å². The Morgan fingerprint density at radius 2 is 2.20 bits per heavy atom. The molecule has 0 radical (unpaired) electrons. The van der Waals surface area contributed by atoms with Crippen LogP contribution in [0.1, 0.15) is 25.3 Å². The smallest absolute Gasteiger partial charge is 0.380 e. The summed E-state index contributed by atoms with van der Waals surface area (Å²) in [7, 11) is 0. The lowest BCUT2D eigenvalue weighted by Gasteiger charge is -2.15. The van der Waals surface area contributed by atoms with E-state index in [2.05, 4.69) is 0 Å². The van der Waals surface area contributed by atoms with Crippen LogP contribution in [0.25, 0.3) is 0 Å². The van der Waals surface area contributed by atoms with Crippen LogP contribution in [-0.4, -0.2) is 17.7 Å². The van der Waals surface area contributed by atoms with Gasteiger partial charge in [0.2, 0.25) is 6.79 Å². The van der Waals surface area contributed by atoms with E-state index in [0.29, 0.717) is 17.9 Å². The summed E-state index contributed by atoms with van der Waals surface area (Å²) in [5, 5.41) is 0. The van der Waals surface area contributed by atoms with E-state index in [4.69, 9.17) is 30.3 Å². The molecule has 0 saturated heterocycles. The molecule has 2 rings (SSSR count). The van der Waals surface area contributed by atoms with Crippen LogP contribution in [0.2, 0.25) is 0 Å². The first-order valence-electron chi connectivity index (χ1n) is 6.08. The van der Waals surface area contributed by atoms with E-state index in [1.807, 2.05) is 6.92 Å². The summed E-state index contributed by atoms with van der Waals surface area (Å²) in [6, 6.07) is 5.23. The molecule has 1 aromatic rings. The second-order valence-corrected chi connectivity index (χ2v) is 6.91. The Kier molecular flexibility index (Phi) is 4.99. The third kappa shape index (κ3) is 4.18. The summed E-state index contributed by atoms with van der Waals surface area (Å²) in [5.41, 5.74) is 0.740. The van der Waals surface area contributed by atoms with Crippen molar-refractivity contribution in [3.8, 4) is 11.5 Å². The van der Waals surface area contributed by atoms with E-state index in [1.54, 1.807) is 18.2 Å². The van der Waals surface area contributed by atoms with Gasteiger partial charge in [0.05, 0.1) is 6.61 Å². The molecule has 1 aromatic carbocycles. The first-order chi connectivity index (χ1) is 9.50. The lowest BCUT2D eigenvalue weighted by Crippen LogP contribution is -2.03. The molecule has 6 nitrogen and oxygen atoms in total. The molecule has 1 aliphatic rings. The summed E-state index contributed by atoms with van der Waals surface area (Å²) in [5.74, 6) is 0.718. The number of benzene rings is 1. The van der Waals surface area contributed by atoms with Gasteiger partial charge >= 0.3 is 12.7 Å². The summed E-state index contributed by atoms with van der Waals surface area (Å²) in [6.45, 7) is -1.50. The summed E-state index contributed by atoms with van der Waals surface area (Å²) >= 11 is 4.78. The number of carbonyl (C=O) groups is 1. The average Bonchev–Trinajstić information content (AvgIpc) is 2.83. The summed E-state index contributed by atoms with van der Waals surface area (Å²) in [4.78, 5) is 21.1. The monoisotopic (exact) mass is 318 g/mol. The molecule has 1 N–H and O–H groups in total. The van der Waals surface area contributed by atoms with Crippen molar-refractivity contribution in [1.82, 2.24) is 0 Å². The minimum atomic E-state index is -3.55. The molecule has 0 bridgehead atoms. The van der Waals surface area contributed by atoms with Gasteiger partial charge in [0, 0.05) is 18.2 Å². The minimum Gasteiger partial charge on any atom is -0.454 e. The van der Waals surface area contributed by atoms with E-state index in [9.17, 15) is 9.69 Å². The number of hydrogen-bond donors (Lipinski definition) is 1. The van der Waals surface area contributed by atoms with Gasteiger partial charge in [0.25, 0.3) is 0 Å². The first kappa shape index (κ1) is 15.3. The normalized spacial score (nSPS) is 15.7. The van der Waals surface area contributed by atoms with Crippen molar-refractivity contribution in [3.05, 3.63) is 23.8 Å². The highest BCUT2D eigenvalue weighted by Gasteiger charge is 2.21. The van der Waals surface area contributed by atoms with Gasteiger partial charge in [0.15, 0.2) is 11.5 Å². The maximum absolute atomic E-state index is 11.3. The average molecular weight is 318 g/mol. The highest BCUT2D eigenvalue weighted by atomic mass is 32.5. The van der Waals surface area contributed by atoms with Crippen LogP contribution in [0.3, 0.4) is 0 Å². The van der Waals surface area contributed by atoms with Crippen LogP contribution in [-0.2, 0) is 32.3 Å². The van der Waals surface area contributed by atoms with E-state index in [-0.39, 0.29) is 19.8 Å². The number of carbonyl (C=O) groups excluding carboxylic acids is 1. The number of rotatable bonds is 6. The molecule has 0 aromatic heterocycles. The Morgan fingerprint density at radius 3 is 2.95 bits per heavy atom. The van der Waals surface area contributed by atoms with Crippen LogP contribution in [0, 0.1) is 0 Å². The lowest BCUT2D eigenvalue weighted by atomic mass is 10.2. The van der Waals surface area contributed by atoms with E-state index < -0.39 is 12.7 Å². The van der Waals surface area contributed by atoms with Crippen LogP contribution in [0.5, 0.6) is 11.5 Å². The standard InChI is InChI=1S/C12H15O6PS/c1-2-3-12(13)18-19(14,20)17-7-9-4-5-10-11(6-9)16-8-15-10/h4-6H,2-3,7-8H2,1H3,(H,14,20). The number of fused-ring (bicyclic) bond motifs is 1. The SMILES string of the molecule is CCCC(=O)OP(O)(=S)OCc1ccc2c(c1)OCO2. The van der Waals surface area contributed by atoms with Gasteiger partial charge in [0.1, 0.15) is 0 Å². The number of ether oxygens (including phenoxy) is 2. The quantitative estimate of drug-likeness (QED) is 0.808. The maximum atomic E-state index is 11.3. The molecule has 0 saturated carbocycles. The van der Waals surface area contributed by atoms with Gasteiger partial charge in [-0.15, -0.1) is 0 Å². The Morgan fingerprint density at radius 1 is 1.45 bits per heavy atom. The zero-order valence-electron chi connectivity index (χ0n) is 10.9. The lowest BCUT2D eigenvalue weighted by molar-refractivity contribution is -0.135. The van der Waals surface area contributed by atoms with Crippen molar-refractivity contribution in [1.29, 1.82) is 0 Å². The third-order valence-electron chi connectivity index (χ3n) is 2.50. The van der Waals surface area contributed by atoms with Crippen molar-refractivity contribution in [3.63, 3.8) is 0 Å². The fourth-order valence-electron chi connectivity index (χ4n) is 1.59. The van der Waals surface area contributed by atoms with E-state index >= 15 is 0 Å². The van der Waals surface area contributed by atoms with Gasteiger partial charge < -0.3 is 18.9 Å². The van der Waals surface area contributed by atoms with Crippen molar-refractivity contribution < 1.29 is 28.2 Å². The zero-order chi connectivity index (χ0) is 14.6. The summed E-state index contributed by atoms with van der Waals surface area (Å²) in [6.07, 6.45) is 0.822. The molecule has 0 fully saturated rings. The Balaban J connectivity index is 1.91. The van der Waals surface area contributed by atoms with Crippen LogP contribution >= 0.6 is 6.72 Å². The molecule has 1 aliphatic heterocycles. The fourth-order valence-corrected chi connectivity index (χ4v) is 2.71. The molecule has 20 heavy (non-hydrogen) atoms. The minimum absolute atomic E-state index is 0.0316. The maximum Gasteiger partial charge on any atom is 0.380 e. The fraction of sp³-hybridized carbons (Fsp3) is 0.417. The van der Waals surface area contributed by atoms with Crippen molar-refractivity contribution in [2.24, 2.45) is 0 Å². The Bertz CT molecular complexity index is 547. The molecule has 0 amide bonds. The number of hydrogen-bond acceptors (Lipinski definition) is 6. The van der Waals surface area contributed by atoms with E-state index in [0.717, 1.165) is 5.56 Å². The highest BCUT2D eigenvalue weighted by molar-refractivity contribution is 8.07. The predicted molar refractivity (Wildman–Crippen MR) is 74.9 cm³/mol. The topological polar surface area (TPSA) is 74.2 Å². The Labute approximate surface area is 121 Å². The van der Waals surface area contributed by atoms with Gasteiger partial charge in [-0.2, -0.15) is 0 Å². The second-order valence-electron chi connectivity index (χ2n) is 4.14. The molecular formula is C12H15O6PS. The molecule has 110 valence electrons. The predicted octanol–water partition coefficient (Wildman–Crippen LogP) is 2.49. The molecule has 0 aliphatic carbocycles. The molecule has 1 unspecified atom stereocenters. The molecule has 1 atom stereocenters. The van der Waals surface area contributed by atoms with Crippen LogP contribution < -0.4 is 9.47 Å².